The van der Waals surface area contributed by atoms with Crippen LogP contribution in [-0.4, -0.2) is 30.4 Å². The molecule has 0 amide bonds. The molecule has 2 aliphatic heterocycles. The summed E-state index contributed by atoms with van der Waals surface area (Å²) in [6.45, 7) is 0.234. The maximum atomic E-state index is 9.94. The standard InChI is InChI=1S/C21H18O6/c22-6-5-15-14(9-23)7-12-2-4-17-21(27-11-25-17)20(12)19(15)13-1-3-16-18(8-13)26-10-24-16/h1-4,7-8,22-23H,5-6,9-11H2. The van der Waals surface area contributed by atoms with Gasteiger partial charge >= 0.3 is 0 Å². The molecule has 27 heavy (non-hydrogen) atoms. The van der Waals surface area contributed by atoms with Gasteiger partial charge in [-0.05, 0) is 58.3 Å². The largest absolute Gasteiger partial charge is 0.454 e. The van der Waals surface area contributed by atoms with Gasteiger partial charge in [0.2, 0.25) is 13.6 Å². The van der Waals surface area contributed by atoms with Crippen molar-refractivity contribution in [3.63, 3.8) is 0 Å². The third-order valence-electron chi connectivity index (χ3n) is 5.03. The van der Waals surface area contributed by atoms with Gasteiger partial charge in [-0.3, -0.25) is 0 Å². The third-order valence-corrected chi connectivity index (χ3v) is 5.03. The summed E-state index contributed by atoms with van der Waals surface area (Å²) >= 11 is 0. The Bertz CT molecular complexity index is 1040. The van der Waals surface area contributed by atoms with Crippen molar-refractivity contribution < 1.29 is 29.2 Å². The highest BCUT2D eigenvalue weighted by Crippen LogP contribution is 2.47. The highest BCUT2D eigenvalue weighted by atomic mass is 16.7. The van der Waals surface area contributed by atoms with Crippen molar-refractivity contribution in [2.75, 3.05) is 20.2 Å². The molecule has 6 nitrogen and oxygen atoms in total. The van der Waals surface area contributed by atoms with Crippen LogP contribution < -0.4 is 18.9 Å². The summed E-state index contributed by atoms with van der Waals surface area (Å²) in [6, 6.07) is 11.5. The topological polar surface area (TPSA) is 77.4 Å². The van der Waals surface area contributed by atoms with Crippen LogP contribution in [0.1, 0.15) is 11.1 Å². The van der Waals surface area contributed by atoms with Crippen LogP contribution >= 0.6 is 0 Å². The highest BCUT2D eigenvalue weighted by Gasteiger charge is 2.24. The number of rotatable bonds is 4. The maximum absolute atomic E-state index is 9.94. The third kappa shape index (κ3) is 2.49. The van der Waals surface area contributed by atoms with Gasteiger partial charge in [0, 0.05) is 12.0 Å². The first-order valence-corrected chi connectivity index (χ1v) is 8.79. The van der Waals surface area contributed by atoms with E-state index in [4.69, 9.17) is 18.9 Å². The minimum absolute atomic E-state index is 0.0254. The first-order chi connectivity index (χ1) is 13.3. The predicted molar refractivity (Wildman–Crippen MR) is 98.3 cm³/mol. The molecule has 0 saturated carbocycles. The van der Waals surface area contributed by atoms with Crippen molar-refractivity contribution in [1.29, 1.82) is 0 Å². The number of benzene rings is 3. The summed E-state index contributed by atoms with van der Waals surface area (Å²) < 4.78 is 22.3. The zero-order valence-corrected chi connectivity index (χ0v) is 14.5. The summed E-state index contributed by atoms with van der Waals surface area (Å²) in [4.78, 5) is 0. The van der Waals surface area contributed by atoms with E-state index in [2.05, 4.69) is 0 Å². The van der Waals surface area contributed by atoms with E-state index >= 15 is 0 Å². The number of ether oxygens (including phenoxy) is 4. The molecule has 3 aromatic rings. The van der Waals surface area contributed by atoms with Crippen LogP contribution in [0.3, 0.4) is 0 Å². The lowest BCUT2D eigenvalue weighted by Crippen LogP contribution is -2.03. The van der Waals surface area contributed by atoms with E-state index in [1.807, 2.05) is 36.4 Å². The Kier molecular flexibility index (Phi) is 3.81. The van der Waals surface area contributed by atoms with Crippen molar-refractivity contribution in [2.45, 2.75) is 13.0 Å². The van der Waals surface area contributed by atoms with Gasteiger partial charge in [-0.1, -0.05) is 12.1 Å². The van der Waals surface area contributed by atoms with Crippen LogP contribution in [0, 0.1) is 0 Å². The Morgan fingerprint density at radius 2 is 1.59 bits per heavy atom. The summed E-state index contributed by atoms with van der Waals surface area (Å²) in [7, 11) is 0. The van der Waals surface area contributed by atoms with Crippen LogP contribution in [0.4, 0.5) is 0 Å². The van der Waals surface area contributed by atoms with Crippen molar-refractivity contribution in [2.24, 2.45) is 0 Å². The molecule has 0 saturated heterocycles. The van der Waals surface area contributed by atoms with Gasteiger partial charge in [0.25, 0.3) is 0 Å². The minimum atomic E-state index is -0.114. The fraction of sp³-hybridized carbons (Fsp3) is 0.238. The zero-order valence-electron chi connectivity index (χ0n) is 14.5. The molecule has 2 N–H and O–H groups in total. The molecule has 0 fully saturated rings. The van der Waals surface area contributed by atoms with Gasteiger partial charge in [0.05, 0.1) is 6.61 Å². The van der Waals surface area contributed by atoms with E-state index in [-0.39, 0.29) is 26.8 Å². The molecule has 2 aliphatic rings. The summed E-state index contributed by atoms with van der Waals surface area (Å²) in [5.41, 5.74) is 3.48. The van der Waals surface area contributed by atoms with E-state index in [1.54, 1.807) is 0 Å². The predicted octanol–water partition coefficient (Wildman–Crippen LogP) is 2.99. The first-order valence-electron chi connectivity index (χ1n) is 8.79. The number of hydrogen-bond acceptors (Lipinski definition) is 6. The zero-order chi connectivity index (χ0) is 18.4. The number of aliphatic hydroxyl groups excluding tert-OH is 2. The Labute approximate surface area is 155 Å². The summed E-state index contributed by atoms with van der Waals surface area (Å²) in [5, 5.41) is 21.4. The van der Waals surface area contributed by atoms with Crippen LogP contribution in [0.2, 0.25) is 0 Å². The first kappa shape index (κ1) is 16.2. The molecule has 0 radical (unpaired) electrons. The average molecular weight is 366 g/mol. The van der Waals surface area contributed by atoms with Gasteiger partial charge in [0.15, 0.2) is 23.0 Å². The molecular formula is C21H18O6. The lowest BCUT2D eigenvalue weighted by atomic mass is 9.87. The van der Waals surface area contributed by atoms with Gasteiger partial charge in [-0.2, -0.15) is 0 Å². The van der Waals surface area contributed by atoms with E-state index in [9.17, 15) is 10.2 Å². The van der Waals surface area contributed by atoms with Gasteiger partial charge in [-0.25, -0.2) is 0 Å². The second-order valence-electron chi connectivity index (χ2n) is 6.49. The maximum Gasteiger partial charge on any atom is 0.231 e. The van der Waals surface area contributed by atoms with Crippen LogP contribution in [0.5, 0.6) is 23.0 Å². The Hall–Kier alpha value is -2.96. The molecular weight excluding hydrogens is 348 g/mol. The van der Waals surface area contributed by atoms with Crippen LogP contribution in [-0.2, 0) is 13.0 Å². The monoisotopic (exact) mass is 366 g/mol. The van der Waals surface area contributed by atoms with Crippen molar-refractivity contribution in [3.8, 4) is 34.1 Å². The van der Waals surface area contributed by atoms with Crippen LogP contribution in [0.15, 0.2) is 36.4 Å². The Morgan fingerprint density at radius 3 is 2.44 bits per heavy atom. The summed E-state index contributed by atoms with van der Waals surface area (Å²) in [5.74, 6) is 2.75. The fourth-order valence-corrected chi connectivity index (χ4v) is 3.86. The molecule has 2 heterocycles. The van der Waals surface area contributed by atoms with E-state index in [0.717, 1.165) is 33.0 Å². The van der Waals surface area contributed by atoms with E-state index < -0.39 is 0 Å². The minimum Gasteiger partial charge on any atom is -0.454 e. The molecule has 6 heteroatoms. The second kappa shape index (κ2) is 6.33. The average Bonchev–Trinajstić information content (AvgIpc) is 3.36. The lowest BCUT2D eigenvalue weighted by molar-refractivity contribution is 0.174. The normalized spacial score (nSPS) is 14.1. The van der Waals surface area contributed by atoms with E-state index in [0.29, 0.717) is 29.4 Å². The van der Waals surface area contributed by atoms with Crippen molar-refractivity contribution in [3.05, 3.63) is 47.5 Å². The number of aliphatic hydroxyl groups is 2. The molecule has 138 valence electrons. The lowest BCUT2D eigenvalue weighted by Gasteiger charge is -2.18. The number of fused-ring (bicyclic) bond motifs is 4. The highest BCUT2D eigenvalue weighted by molar-refractivity contribution is 6.05. The fourth-order valence-electron chi connectivity index (χ4n) is 3.86. The molecule has 0 atom stereocenters. The number of hydrogen-bond donors (Lipinski definition) is 2. The molecule has 0 unspecified atom stereocenters. The van der Waals surface area contributed by atoms with E-state index in [1.165, 1.54) is 0 Å². The van der Waals surface area contributed by atoms with Gasteiger partial charge in [-0.15, -0.1) is 0 Å². The molecule has 0 aromatic heterocycles. The molecule has 5 rings (SSSR count). The van der Waals surface area contributed by atoms with Crippen molar-refractivity contribution in [1.82, 2.24) is 0 Å². The van der Waals surface area contributed by atoms with Gasteiger partial charge in [0.1, 0.15) is 0 Å². The smallest absolute Gasteiger partial charge is 0.231 e. The Balaban J connectivity index is 1.87. The molecule has 0 spiro atoms. The second-order valence-corrected chi connectivity index (χ2v) is 6.49. The molecule has 3 aromatic carbocycles. The Morgan fingerprint density at radius 1 is 0.815 bits per heavy atom. The van der Waals surface area contributed by atoms with Gasteiger partial charge < -0.3 is 29.2 Å². The SMILES string of the molecule is OCCc1c(CO)cc2ccc3c(c2c1-c1ccc2c(c1)OCO2)OCO3. The molecule has 0 aliphatic carbocycles. The molecule has 0 bridgehead atoms. The quantitative estimate of drug-likeness (QED) is 0.739. The summed E-state index contributed by atoms with van der Waals surface area (Å²) in [6.07, 6.45) is 0.417. The van der Waals surface area contributed by atoms with Crippen molar-refractivity contribution >= 4 is 10.8 Å². The van der Waals surface area contributed by atoms with Crippen LogP contribution in [0.25, 0.3) is 21.9 Å².